The smallest absolute Gasteiger partial charge is 0.171 e. The van der Waals surface area contributed by atoms with Gasteiger partial charge in [0.25, 0.3) is 0 Å². The minimum absolute atomic E-state index is 0.227. The number of benzene rings is 1. The third kappa shape index (κ3) is 4.27. The van der Waals surface area contributed by atoms with E-state index in [9.17, 15) is 10.2 Å². The second-order valence-corrected chi connectivity index (χ2v) is 14.5. The summed E-state index contributed by atoms with van der Waals surface area (Å²) in [6, 6.07) is 9.84. The Labute approximate surface area is 240 Å². The molecule has 3 N–H and O–H groups in total. The van der Waals surface area contributed by atoms with Gasteiger partial charge in [-0.2, -0.15) is 0 Å². The summed E-state index contributed by atoms with van der Waals surface area (Å²) in [4.78, 5) is 0. The molecule has 5 heteroatoms. The van der Waals surface area contributed by atoms with Gasteiger partial charge in [0.15, 0.2) is 5.79 Å². The SMILES string of the molecule is CC#CC1(O)CCC2C3CCC4(O)CC5(CCC4C3C(c3ccc(NC4CCCCC4)cc3)CC21C)OCCO5. The average Bonchev–Trinajstić information content (AvgIpc) is 3.50. The fourth-order valence-electron chi connectivity index (χ4n) is 10.8. The summed E-state index contributed by atoms with van der Waals surface area (Å²) in [5.74, 6) is 7.62. The zero-order valence-corrected chi connectivity index (χ0v) is 24.6. The van der Waals surface area contributed by atoms with E-state index < -0.39 is 17.0 Å². The molecule has 6 fully saturated rings. The van der Waals surface area contributed by atoms with Gasteiger partial charge >= 0.3 is 0 Å². The minimum atomic E-state index is -0.936. The molecule has 7 rings (SSSR count). The van der Waals surface area contributed by atoms with Crippen LogP contribution in [-0.2, 0) is 9.47 Å². The predicted molar refractivity (Wildman–Crippen MR) is 157 cm³/mol. The van der Waals surface area contributed by atoms with E-state index in [-0.39, 0.29) is 17.3 Å². The van der Waals surface area contributed by atoms with E-state index in [0.29, 0.717) is 43.4 Å². The maximum Gasteiger partial charge on any atom is 0.171 e. The van der Waals surface area contributed by atoms with Crippen LogP contribution in [0.25, 0.3) is 0 Å². The van der Waals surface area contributed by atoms with E-state index in [2.05, 4.69) is 48.3 Å². The van der Waals surface area contributed by atoms with Gasteiger partial charge in [-0.25, -0.2) is 0 Å². The molecule has 6 aliphatic rings. The first-order chi connectivity index (χ1) is 19.3. The maximum atomic E-state index is 12.3. The molecule has 5 saturated carbocycles. The first-order valence-electron chi connectivity index (χ1n) is 16.3. The lowest BCUT2D eigenvalue weighted by atomic mass is 9.44. The molecular weight excluding hydrogens is 498 g/mol. The summed E-state index contributed by atoms with van der Waals surface area (Å²) in [6.45, 7) is 5.46. The van der Waals surface area contributed by atoms with E-state index in [4.69, 9.17) is 9.47 Å². The van der Waals surface area contributed by atoms with Crippen LogP contribution in [0.5, 0.6) is 0 Å². The molecule has 5 aliphatic carbocycles. The average molecular weight is 548 g/mol. The summed E-state index contributed by atoms with van der Waals surface area (Å²) >= 11 is 0. The summed E-state index contributed by atoms with van der Waals surface area (Å²) < 4.78 is 12.2. The van der Waals surface area contributed by atoms with E-state index in [0.717, 1.165) is 44.9 Å². The topological polar surface area (TPSA) is 71.0 Å². The molecule has 0 amide bonds. The second kappa shape index (κ2) is 10.0. The molecule has 1 aliphatic heterocycles. The molecule has 8 atom stereocenters. The lowest BCUT2D eigenvalue weighted by Crippen LogP contribution is -2.62. The quantitative estimate of drug-likeness (QED) is 0.383. The van der Waals surface area contributed by atoms with Crippen molar-refractivity contribution in [2.45, 2.75) is 126 Å². The van der Waals surface area contributed by atoms with Crippen LogP contribution in [0.15, 0.2) is 24.3 Å². The lowest BCUT2D eigenvalue weighted by molar-refractivity contribution is -0.259. The number of aliphatic hydroxyl groups is 2. The summed E-state index contributed by atoms with van der Waals surface area (Å²) in [7, 11) is 0. The standard InChI is InChI=1S/C35H49NO4/c1-3-16-34(38)18-14-29-27-13-17-33(37)23-35(39-20-21-40-35)19-15-30(33)31(27)28(22-32(29,34)2)24-9-11-26(12-10-24)36-25-7-5-4-6-8-25/h9-12,25,27-31,36-38H,4-8,13-15,17-23H2,1-2H3. The zero-order chi connectivity index (χ0) is 27.6. The summed E-state index contributed by atoms with van der Waals surface area (Å²) in [6.07, 6.45) is 13.5. The Bertz CT molecular complexity index is 1140. The van der Waals surface area contributed by atoms with Crippen molar-refractivity contribution in [2.75, 3.05) is 18.5 Å². The van der Waals surface area contributed by atoms with Crippen LogP contribution in [0.4, 0.5) is 5.69 Å². The highest BCUT2D eigenvalue weighted by Crippen LogP contribution is 2.69. The van der Waals surface area contributed by atoms with Crippen LogP contribution < -0.4 is 5.32 Å². The molecule has 1 spiro atoms. The number of anilines is 1. The van der Waals surface area contributed by atoms with E-state index >= 15 is 0 Å². The van der Waals surface area contributed by atoms with Crippen molar-refractivity contribution >= 4 is 5.69 Å². The third-order valence-electron chi connectivity index (χ3n) is 12.6. The number of ether oxygens (including phenoxy) is 2. The first kappa shape index (κ1) is 27.3. The maximum absolute atomic E-state index is 12.3. The monoisotopic (exact) mass is 547 g/mol. The van der Waals surface area contributed by atoms with Crippen molar-refractivity contribution in [3.05, 3.63) is 29.8 Å². The normalized spacial score (nSPS) is 44.2. The Balaban J connectivity index is 1.23. The Kier molecular flexibility index (Phi) is 6.82. The number of nitrogens with one attached hydrogen (secondary N) is 1. The Morgan fingerprint density at radius 1 is 0.875 bits per heavy atom. The van der Waals surface area contributed by atoms with Crippen LogP contribution in [0.3, 0.4) is 0 Å². The summed E-state index contributed by atoms with van der Waals surface area (Å²) in [5, 5.41) is 28.1. The molecule has 1 heterocycles. The third-order valence-corrected chi connectivity index (χ3v) is 12.6. The van der Waals surface area contributed by atoms with E-state index in [1.54, 1.807) is 0 Å². The van der Waals surface area contributed by atoms with Gasteiger partial charge in [-0.15, -0.1) is 5.92 Å². The lowest BCUT2D eigenvalue weighted by Gasteiger charge is -2.62. The Morgan fingerprint density at radius 3 is 2.33 bits per heavy atom. The molecule has 40 heavy (non-hydrogen) atoms. The molecule has 0 radical (unpaired) electrons. The van der Waals surface area contributed by atoms with Gasteiger partial charge in [0, 0.05) is 30.0 Å². The Hall–Kier alpha value is -1.58. The molecule has 218 valence electrons. The van der Waals surface area contributed by atoms with Crippen molar-refractivity contribution in [2.24, 2.45) is 29.1 Å². The van der Waals surface area contributed by atoms with Gasteiger partial charge in [-0.3, -0.25) is 0 Å². The highest BCUT2D eigenvalue weighted by atomic mass is 16.7. The molecule has 1 aromatic carbocycles. The molecule has 0 bridgehead atoms. The van der Waals surface area contributed by atoms with Crippen molar-refractivity contribution in [3.8, 4) is 11.8 Å². The molecular formula is C35H49NO4. The predicted octanol–water partition coefficient (Wildman–Crippen LogP) is 6.39. The zero-order valence-electron chi connectivity index (χ0n) is 24.6. The molecule has 8 unspecified atom stereocenters. The number of fused-ring (bicyclic) bond motifs is 5. The number of hydrogen-bond acceptors (Lipinski definition) is 5. The van der Waals surface area contributed by atoms with Crippen molar-refractivity contribution in [3.63, 3.8) is 0 Å². The molecule has 1 aromatic rings. The van der Waals surface area contributed by atoms with E-state index in [1.807, 2.05) is 6.92 Å². The van der Waals surface area contributed by atoms with Crippen LogP contribution in [0.2, 0.25) is 0 Å². The van der Waals surface area contributed by atoms with Crippen molar-refractivity contribution < 1.29 is 19.7 Å². The van der Waals surface area contributed by atoms with E-state index in [1.165, 1.54) is 43.4 Å². The second-order valence-electron chi connectivity index (χ2n) is 14.5. The fourth-order valence-corrected chi connectivity index (χ4v) is 10.8. The number of rotatable bonds is 3. The van der Waals surface area contributed by atoms with Gasteiger partial charge in [0.2, 0.25) is 0 Å². The highest BCUT2D eigenvalue weighted by Gasteiger charge is 2.67. The van der Waals surface area contributed by atoms with Gasteiger partial charge in [0.1, 0.15) is 5.60 Å². The van der Waals surface area contributed by atoms with Gasteiger partial charge in [0.05, 0.1) is 18.8 Å². The van der Waals surface area contributed by atoms with Crippen LogP contribution in [-0.4, -0.2) is 46.5 Å². The van der Waals surface area contributed by atoms with Gasteiger partial charge in [-0.05, 0) is 106 Å². The highest BCUT2D eigenvalue weighted by molar-refractivity contribution is 5.47. The fraction of sp³-hybridized carbons (Fsp3) is 0.771. The molecule has 1 saturated heterocycles. The van der Waals surface area contributed by atoms with Crippen LogP contribution >= 0.6 is 0 Å². The molecule has 0 aromatic heterocycles. The van der Waals surface area contributed by atoms with Crippen molar-refractivity contribution in [1.82, 2.24) is 0 Å². The van der Waals surface area contributed by atoms with Gasteiger partial charge in [-0.1, -0.05) is 44.2 Å². The minimum Gasteiger partial charge on any atom is -0.389 e. The Morgan fingerprint density at radius 2 is 1.60 bits per heavy atom. The van der Waals surface area contributed by atoms with Crippen LogP contribution in [0, 0.1) is 40.9 Å². The van der Waals surface area contributed by atoms with Gasteiger partial charge < -0.3 is 25.0 Å². The molecule has 5 nitrogen and oxygen atoms in total. The van der Waals surface area contributed by atoms with Crippen LogP contribution in [0.1, 0.15) is 109 Å². The number of hydrogen-bond donors (Lipinski definition) is 3. The first-order valence-corrected chi connectivity index (χ1v) is 16.3. The van der Waals surface area contributed by atoms with Crippen molar-refractivity contribution in [1.29, 1.82) is 0 Å². The largest absolute Gasteiger partial charge is 0.389 e. The summed E-state index contributed by atoms with van der Waals surface area (Å²) in [5.41, 5.74) is 0.644.